The van der Waals surface area contributed by atoms with Crippen molar-refractivity contribution in [3.05, 3.63) is 59.9 Å². The van der Waals surface area contributed by atoms with Crippen molar-refractivity contribution >= 4 is 17.6 Å². The molecule has 1 amide bonds. The van der Waals surface area contributed by atoms with E-state index in [1.165, 1.54) is 5.56 Å². The topological polar surface area (TPSA) is 82.1 Å². The van der Waals surface area contributed by atoms with Gasteiger partial charge < -0.3 is 15.2 Å². The van der Waals surface area contributed by atoms with Crippen LogP contribution >= 0.6 is 0 Å². The molecular weight excluding hydrogens is 328 g/mol. The van der Waals surface area contributed by atoms with Crippen molar-refractivity contribution in [2.24, 2.45) is 23.7 Å². The van der Waals surface area contributed by atoms with Crippen molar-refractivity contribution in [3.63, 3.8) is 0 Å². The van der Waals surface area contributed by atoms with Crippen LogP contribution in [0.25, 0.3) is 0 Å². The monoisotopic (exact) mass is 349 g/mol. The lowest BCUT2D eigenvalue weighted by Crippen LogP contribution is -2.43. The van der Waals surface area contributed by atoms with Gasteiger partial charge in [-0.05, 0) is 72.9 Å². The molecule has 1 aromatic heterocycles. The summed E-state index contributed by atoms with van der Waals surface area (Å²) < 4.78 is 0. The van der Waals surface area contributed by atoms with Crippen LogP contribution in [-0.2, 0) is 16.0 Å². The first kappa shape index (κ1) is 16.8. The highest BCUT2D eigenvalue weighted by Crippen LogP contribution is 2.52. The molecule has 0 saturated heterocycles. The van der Waals surface area contributed by atoms with Crippen molar-refractivity contribution in [2.45, 2.75) is 25.7 Å². The number of carbonyl (C=O) groups is 2. The van der Waals surface area contributed by atoms with Gasteiger partial charge in [-0.2, -0.15) is 0 Å². The molecule has 134 valence electrons. The van der Waals surface area contributed by atoms with Gasteiger partial charge >= 0.3 is 0 Å². The van der Waals surface area contributed by atoms with Gasteiger partial charge in [-0.25, -0.2) is 0 Å². The van der Waals surface area contributed by atoms with Crippen LogP contribution in [0.5, 0.6) is 0 Å². The van der Waals surface area contributed by atoms with Gasteiger partial charge in [-0.3, -0.25) is 9.78 Å². The number of benzene rings is 1. The van der Waals surface area contributed by atoms with Gasteiger partial charge in [0, 0.05) is 35.9 Å². The number of rotatable bonds is 5. The summed E-state index contributed by atoms with van der Waals surface area (Å²) in [5.41, 5.74) is 3.02. The highest BCUT2D eigenvalue weighted by atomic mass is 16.4. The largest absolute Gasteiger partial charge is 0.550 e. The molecule has 1 N–H and O–H groups in total. The molecule has 0 aliphatic heterocycles. The van der Waals surface area contributed by atoms with Crippen LogP contribution in [0.1, 0.15) is 30.4 Å². The maximum absolute atomic E-state index is 12.7. The van der Waals surface area contributed by atoms with E-state index in [1.807, 2.05) is 36.4 Å². The molecule has 1 aromatic carbocycles. The average molecular weight is 349 g/mol. The van der Waals surface area contributed by atoms with Gasteiger partial charge in [-0.15, -0.1) is 0 Å². The van der Waals surface area contributed by atoms with E-state index in [-0.39, 0.29) is 17.7 Å². The molecule has 2 aromatic rings. The van der Waals surface area contributed by atoms with E-state index in [0.29, 0.717) is 5.69 Å². The molecule has 2 bridgehead atoms. The summed E-state index contributed by atoms with van der Waals surface area (Å²) in [6, 6.07) is 11.7. The Bertz CT molecular complexity index is 804. The highest BCUT2D eigenvalue weighted by Gasteiger charge is 2.51. The van der Waals surface area contributed by atoms with Crippen molar-refractivity contribution in [1.29, 1.82) is 0 Å². The molecule has 2 aliphatic carbocycles. The van der Waals surface area contributed by atoms with Crippen LogP contribution in [0, 0.1) is 23.7 Å². The Hall–Kier alpha value is -2.69. The van der Waals surface area contributed by atoms with Crippen LogP contribution in [-0.4, -0.2) is 16.9 Å². The summed E-state index contributed by atoms with van der Waals surface area (Å²) >= 11 is 0. The number of anilines is 1. The number of carboxylic acid groups (broad SMARTS) is 1. The first-order chi connectivity index (χ1) is 12.6. The summed E-state index contributed by atoms with van der Waals surface area (Å²) in [7, 11) is 0. The van der Waals surface area contributed by atoms with Gasteiger partial charge in [0.05, 0.1) is 0 Å². The first-order valence-electron chi connectivity index (χ1n) is 9.11. The predicted molar refractivity (Wildman–Crippen MR) is 94.9 cm³/mol. The van der Waals surface area contributed by atoms with Crippen LogP contribution in [0.3, 0.4) is 0 Å². The zero-order chi connectivity index (χ0) is 18.1. The Balaban J connectivity index is 1.42. The zero-order valence-corrected chi connectivity index (χ0v) is 14.4. The van der Waals surface area contributed by atoms with Crippen molar-refractivity contribution in [2.75, 3.05) is 5.32 Å². The molecule has 26 heavy (non-hydrogen) atoms. The third-order valence-corrected chi connectivity index (χ3v) is 5.87. The fourth-order valence-electron chi connectivity index (χ4n) is 4.68. The van der Waals surface area contributed by atoms with Crippen LogP contribution in [0.2, 0.25) is 0 Å². The van der Waals surface area contributed by atoms with E-state index in [0.717, 1.165) is 31.2 Å². The van der Waals surface area contributed by atoms with Crippen molar-refractivity contribution in [1.82, 2.24) is 4.98 Å². The molecule has 5 heteroatoms. The number of pyridine rings is 1. The van der Waals surface area contributed by atoms with E-state index < -0.39 is 17.8 Å². The van der Waals surface area contributed by atoms with E-state index in [9.17, 15) is 14.7 Å². The molecule has 2 aliphatic rings. The summed E-state index contributed by atoms with van der Waals surface area (Å²) in [6.45, 7) is 0. The molecule has 2 fully saturated rings. The fraction of sp³-hybridized carbons (Fsp3) is 0.381. The summed E-state index contributed by atoms with van der Waals surface area (Å²) in [5.74, 6) is -2.09. The number of carbonyl (C=O) groups excluding carboxylic acids is 2. The quantitative estimate of drug-likeness (QED) is 0.895. The second-order valence-electron chi connectivity index (χ2n) is 7.42. The number of aliphatic carboxylic acids is 1. The molecule has 4 rings (SSSR count). The molecule has 2 saturated carbocycles. The van der Waals surface area contributed by atoms with Gasteiger partial charge in [0.1, 0.15) is 0 Å². The Morgan fingerprint density at radius 1 is 0.962 bits per heavy atom. The number of hydrogen-bond donors (Lipinski definition) is 1. The van der Waals surface area contributed by atoms with E-state index in [2.05, 4.69) is 10.3 Å². The minimum Gasteiger partial charge on any atom is -0.550 e. The number of carboxylic acids is 1. The van der Waals surface area contributed by atoms with E-state index in [4.69, 9.17) is 0 Å². The summed E-state index contributed by atoms with van der Waals surface area (Å²) in [4.78, 5) is 28.2. The lowest BCUT2D eigenvalue weighted by Gasteiger charge is -2.30. The maximum atomic E-state index is 12.7. The molecule has 4 atom stereocenters. The number of nitrogens with one attached hydrogen (secondary N) is 1. The Morgan fingerprint density at radius 2 is 1.58 bits per heavy atom. The number of amides is 1. The Kier molecular flexibility index (Phi) is 4.45. The summed E-state index contributed by atoms with van der Waals surface area (Å²) in [6.07, 6.45) is 7.02. The molecule has 5 nitrogen and oxygen atoms in total. The smallest absolute Gasteiger partial charge is 0.228 e. The summed E-state index contributed by atoms with van der Waals surface area (Å²) in [5, 5.41) is 14.4. The Morgan fingerprint density at radius 3 is 2.23 bits per heavy atom. The normalized spacial score (nSPS) is 26.6. The third-order valence-electron chi connectivity index (χ3n) is 5.87. The number of aromatic nitrogens is 1. The maximum Gasteiger partial charge on any atom is 0.228 e. The lowest BCUT2D eigenvalue weighted by molar-refractivity contribution is -0.314. The molecule has 0 radical (unpaired) electrons. The minimum absolute atomic E-state index is 0.100. The standard InChI is InChI=1S/C21H22N2O3/c24-20(18-15-3-4-16(12-15)19(18)21(25)26)23-17-5-1-13(2-6-17)11-14-7-9-22-10-8-14/h1-2,5-10,15-16,18-19H,3-4,11-12H2,(H,23,24)(H,25,26)/p-1/t15-,16-,18-,19-/m0/s1. The molecule has 1 heterocycles. The second kappa shape index (κ2) is 6.90. The average Bonchev–Trinajstić information content (AvgIpc) is 3.25. The van der Waals surface area contributed by atoms with E-state index >= 15 is 0 Å². The van der Waals surface area contributed by atoms with Crippen LogP contribution in [0.15, 0.2) is 48.8 Å². The lowest BCUT2D eigenvalue weighted by atomic mass is 9.78. The van der Waals surface area contributed by atoms with Gasteiger partial charge in [0.2, 0.25) is 5.91 Å². The van der Waals surface area contributed by atoms with Crippen LogP contribution in [0.4, 0.5) is 5.69 Å². The molecule has 0 spiro atoms. The van der Waals surface area contributed by atoms with E-state index in [1.54, 1.807) is 12.4 Å². The molecular formula is C21H21N2O3-. The fourth-order valence-corrected chi connectivity index (χ4v) is 4.68. The van der Waals surface area contributed by atoms with Crippen LogP contribution < -0.4 is 10.4 Å². The highest BCUT2D eigenvalue weighted by molar-refractivity contribution is 5.95. The zero-order valence-electron chi connectivity index (χ0n) is 14.4. The number of hydrogen-bond acceptors (Lipinski definition) is 4. The minimum atomic E-state index is -1.08. The second-order valence-corrected chi connectivity index (χ2v) is 7.42. The predicted octanol–water partition coefficient (Wildman–Crippen LogP) is 2.02. The van der Waals surface area contributed by atoms with Crippen molar-refractivity contribution in [3.8, 4) is 0 Å². The van der Waals surface area contributed by atoms with Crippen molar-refractivity contribution < 1.29 is 14.7 Å². The number of fused-ring (bicyclic) bond motifs is 2. The molecule has 0 unspecified atom stereocenters. The SMILES string of the molecule is O=C([O-])[C@H]1[C@H]2CC[C@@H](C2)[C@@H]1C(=O)Nc1ccc(Cc2ccncc2)cc1. The van der Waals surface area contributed by atoms with Gasteiger partial charge in [-0.1, -0.05) is 12.1 Å². The van der Waals surface area contributed by atoms with Gasteiger partial charge in [0.25, 0.3) is 0 Å². The number of nitrogens with zero attached hydrogens (tertiary/aromatic N) is 1. The van der Waals surface area contributed by atoms with Gasteiger partial charge in [0.15, 0.2) is 0 Å². The third kappa shape index (κ3) is 3.21. The first-order valence-corrected chi connectivity index (χ1v) is 9.11. The Labute approximate surface area is 152 Å².